The lowest BCUT2D eigenvalue weighted by molar-refractivity contribution is -0.173. The number of alkyl halides is 3. The number of aromatic nitrogens is 2. The van der Waals surface area contributed by atoms with Gasteiger partial charge in [-0.3, -0.25) is 4.79 Å². The Balaban J connectivity index is 1.65. The molecule has 1 aromatic heterocycles. The lowest BCUT2D eigenvalue weighted by Crippen LogP contribution is -2.36. The number of hydrogen-bond acceptors (Lipinski definition) is 3. The van der Waals surface area contributed by atoms with Crippen LogP contribution in [0.4, 0.5) is 19.0 Å². The molecule has 1 aliphatic heterocycles. The molecule has 0 unspecified atom stereocenters. The predicted octanol–water partition coefficient (Wildman–Crippen LogP) is 5.80. The fourth-order valence-corrected chi connectivity index (χ4v) is 4.01. The Labute approximate surface area is 185 Å². The Hall–Kier alpha value is -2.81. The van der Waals surface area contributed by atoms with Crippen molar-refractivity contribution in [3.05, 3.63) is 82.0 Å². The second kappa shape index (κ2) is 8.37. The van der Waals surface area contributed by atoms with Crippen LogP contribution in [0.1, 0.15) is 53.0 Å². The van der Waals surface area contributed by atoms with Gasteiger partial charge in [-0.1, -0.05) is 58.4 Å². The normalized spacial score (nSPS) is 19.3. The number of benzene rings is 2. The number of nitrogens with one attached hydrogen (secondary N) is 2. The van der Waals surface area contributed by atoms with Gasteiger partial charge in [-0.05, 0) is 30.2 Å². The molecule has 1 aliphatic rings. The second-order valence-corrected chi connectivity index (χ2v) is 8.41. The first-order chi connectivity index (χ1) is 14.7. The molecule has 1 amide bonds. The van der Waals surface area contributed by atoms with Gasteiger partial charge in [0.05, 0.1) is 18.3 Å². The molecule has 0 bridgehead atoms. The minimum Gasteiger partial charge on any atom is -0.363 e. The maximum atomic E-state index is 13.8. The summed E-state index contributed by atoms with van der Waals surface area (Å²) in [5, 5.41) is 9.86. The third-order valence-electron chi connectivity index (χ3n) is 5.40. The molecule has 162 valence electrons. The molecule has 3 aromatic rings. The Kier molecular flexibility index (Phi) is 5.79. The first-order valence-corrected chi connectivity index (χ1v) is 10.6. The van der Waals surface area contributed by atoms with Gasteiger partial charge >= 0.3 is 6.18 Å². The lowest BCUT2D eigenvalue weighted by Gasteiger charge is -2.34. The van der Waals surface area contributed by atoms with Gasteiger partial charge in [-0.15, -0.1) is 0 Å². The van der Waals surface area contributed by atoms with E-state index in [0.717, 1.165) is 14.7 Å². The monoisotopic (exact) mass is 492 g/mol. The zero-order valence-electron chi connectivity index (χ0n) is 16.5. The van der Waals surface area contributed by atoms with Crippen molar-refractivity contribution in [1.82, 2.24) is 15.1 Å². The fraction of sp³-hybridized carbons (Fsp3) is 0.273. The quantitative estimate of drug-likeness (QED) is 0.484. The number of halogens is 4. The summed E-state index contributed by atoms with van der Waals surface area (Å²) in [6.07, 6.45) is -3.53. The molecule has 0 saturated heterocycles. The van der Waals surface area contributed by atoms with Crippen LogP contribution in [0.2, 0.25) is 0 Å². The number of carbonyl (C=O) groups is 1. The van der Waals surface area contributed by atoms with Crippen molar-refractivity contribution in [2.24, 2.45) is 0 Å². The third-order valence-corrected chi connectivity index (χ3v) is 5.93. The van der Waals surface area contributed by atoms with Gasteiger partial charge < -0.3 is 10.6 Å². The van der Waals surface area contributed by atoms with Crippen LogP contribution in [0.15, 0.2) is 65.3 Å². The van der Waals surface area contributed by atoms with Crippen LogP contribution in [0, 0.1) is 0 Å². The topological polar surface area (TPSA) is 59.0 Å². The molecule has 31 heavy (non-hydrogen) atoms. The Bertz CT molecular complexity index is 1070. The summed E-state index contributed by atoms with van der Waals surface area (Å²) in [5.41, 5.74) is 1.68. The molecule has 0 saturated carbocycles. The number of amides is 1. The average Bonchev–Trinajstić information content (AvgIpc) is 3.17. The summed E-state index contributed by atoms with van der Waals surface area (Å²) in [6, 6.07) is 13.7. The maximum absolute atomic E-state index is 13.8. The van der Waals surface area contributed by atoms with E-state index in [4.69, 9.17) is 0 Å². The fourth-order valence-electron chi connectivity index (χ4n) is 3.74. The highest BCUT2D eigenvalue weighted by molar-refractivity contribution is 9.10. The number of carbonyl (C=O) groups excluding carboxylic acids is 1. The highest BCUT2D eigenvalue weighted by Gasteiger charge is 2.47. The van der Waals surface area contributed by atoms with Crippen LogP contribution in [0.5, 0.6) is 0 Å². The summed E-state index contributed by atoms with van der Waals surface area (Å²) < 4.78 is 43.2. The lowest BCUT2D eigenvalue weighted by atomic mass is 9.96. The van der Waals surface area contributed by atoms with Gasteiger partial charge in [0.2, 0.25) is 0 Å². The van der Waals surface area contributed by atoms with Crippen molar-refractivity contribution in [3.8, 4) is 0 Å². The van der Waals surface area contributed by atoms with Crippen molar-refractivity contribution < 1.29 is 18.0 Å². The van der Waals surface area contributed by atoms with E-state index in [1.165, 1.54) is 6.20 Å². The summed E-state index contributed by atoms with van der Waals surface area (Å²) in [6.45, 7) is 1.82. The summed E-state index contributed by atoms with van der Waals surface area (Å²) in [4.78, 5) is 12.9. The number of rotatable bonds is 4. The molecule has 2 N–H and O–H groups in total. The van der Waals surface area contributed by atoms with E-state index < -0.39 is 24.2 Å². The smallest absolute Gasteiger partial charge is 0.363 e. The van der Waals surface area contributed by atoms with Gasteiger partial charge in [0.1, 0.15) is 11.4 Å². The zero-order chi connectivity index (χ0) is 22.2. The minimum absolute atomic E-state index is 0.0688. The molecule has 4 rings (SSSR count). The Morgan fingerprint density at radius 2 is 1.87 bits per heavy atom. The molecule has 5 nitrogen and oxygen atoms in total. The first kappa shape index (κ1) is 21.4. The Morgan fingerprint density at radius 1 is 1.19 bits per heavy atom. The summed E-state index contributed by atoms with van der Waals surface area (Å²) in [5.74, 6) is -0.415. The minimum atomic E-state index is -4.50. The van der Waals surface area contributed by atoms with E-state index in [9.17, 15) is 18.0 Å². The van der Waals surface area contributed by atoms with Crippen molar-refractivity contribution in [3.63, 3.8) is 0 Å². The van der Waals surface area contributed by atoms with Crippen LogP contribution < -0.4 is 10.6 Å². The Morgan fingerprint density at radius 3 is 2.52 bits per heavy atom. The van der Waals surface area contributed by atoms with E-state index in [0.29, 0.717) is 5.56 Å². The molecular formula is C22H20BrF3N4O. The van der Waals surface area contributed by atoms with Crippen molar-refractivity contribution in [2.45, 2.75) is 37.6 Å². The molecule has 0 spiro atoms. The van der Waals surface area contributed by atoms with E-state index in [-0.39, 0.29) is 23.8 Å². The first-order valence-electron chi connectivity index (χ1n) is 9.76. The van der Waals surface area contributed by atoms with Gasteiger partial charge in [-0.25, -0.2) is 4.68 Å². The zero-order valence-corrected chi connectivity index (χ0v) is 18.1. The summed E-state index contributed by atoms with van der Waals surface area (Å²) in [7, 11) is 0. The van der Waals surface area contributed by atoms with E-state index in [1.54, 1.807) is 24.3 Å². The van der Waals surface area contributed by atoms with Crippen LogP contribution >= 0.6 is 15.9 Å². The highest BCUT2D eigenvalue weighted by atomic mass is 79.9. The molecule has 9 heteroatoms. The standard InChI is InChI=1S/C22H20BrF3N4O/c1-13(14-5-3-2-4-6-14)28-21(31)17-12-27-30-19(22(24,25)26)11-18(29-20(17)30)15-7-9-16(23)10-8-15/h2-10,12-13,18-19,29H,11H2,1H3,(H,28,31)/t13-,18+,19+/m0/s1. The molecule has 0 fully saturated rings. The number of anilines is 1. The number of fused-ring (bicyclic) bond motifs is 1. The van der Waals surface area contributed by atoms with Gasteiger partial charge in [0.15, 0.2) is 6.04 Å². The molecule has 0 radical (unpaired) electrons. The van der Waals surface area contributed by atoms with Crippen LogP contribution in [0.25, 0.3) is 0 Å². The van der Waals surface area contributed by atoms with Crippen molar-refractivity contribution >= 4 is 27.7 Å². The molecule has 0 aliphatic carbocycles. The van der Waals surface area contributed by atoms with E-state index in [1.807, 2.05) is 37.3 Å². The third kappa shape index (κ3) is 4.46. The summed E-state index contributed by atoms with van der Waals surface area (Å²) >= 11 is 3.34. The van der Waals surface area contributed by atoms with Gasteiger partial charge in [-0.2, -0.15) is 18.3 Å². The largest absolute Gasteiger partial charge is 0.410 e. The number of hydrogen-bond donors (Lipinski definition) is 2. The van der Waals surface area contributed by atoms with Crippen molar-refractivity contribution in [2.75, 3.05) is 5.32 Å². The van der Waals surface area contributed by atoms with Gasteiger partial charge in [0, 0.05) is 10.9 Å². The molecule has 2 heterocycles. The van der Waals surface area contributed by atoms with Crippen molar-refractivity contribution in [1.29, 1.82) is 0 Å². The van der Waals surface area contributed by atoms with E-state index >= 15 is 0 Å². The van der Waals surface area contributed by atoms with Crippen LogP contribution in [-0.4, -0.2) is 21.9 Å². The number of nitrogens with zero attached hydrogens (tertiary/aromatic N) is 2. The average molecular weight is 493 g/mol. The maximum Gasteiger partial charge on any atom is 0.410 e. The van der Waals surface area contributed by atoms with Crippen LogP contribution in [0.3, 0.4) is 0 Å². The SMILES string of the molecule is C[C@H](NC(=O)c1cnn2c1N[C@@H](c1ccc(Br)cc1)C[C@@H]2C(F)(F)F)c1ccccc1. The second-order valence-electron chi connectivity index (χ2n) is 7.50. The van der Waals surface area contributed by atoms with Crippen LogP contribution in [-0.2, 0) is 0 Å². The van der Waals surface area contributed by atoms with E-state index in [2.05, 4.69) is 31.7 Å². The molecule has 2 aromatic carbocycles. The molecular weight excluding hydrogens is 473 g/mol. The molecule has 3 atom stereocenters. The highest BCUT2D eigenvalue weighted by Crippen LogP contribution is 2.44. The predicted molar refractivity (Wildman–Crippen MR) is 115 cm³/mol. The van der Waals surface area contributed by atoms with Gasteiger partial charge in [0.25, 0.3) is 5.91 Å².